The van der Waals surface area contributed by atoms with Gasteiger partial charge in [0.15, 0.2) is 0 Å². The van der Waals surface area contributed by atoms with Crippen molar-refractivity contribution < 1.29 is 9.47 Å². The first-order valence-electron chi connectivity index (χ1n) is 8.27. The second-order valence-electron chi connectivity index (χ2n) is 6.19. The number of hydrogen-bond donors (Lipinski definition) is 2. The van der Waals surface area contributed by atoms with Crippen LogP contribution in [0.25, 0.3) is 0 Å². The number of H-pyrrole nitrogens is 1. The molecule has 3 rings (SSSR count). The molecule has 124 valence electrons. The van der Waals surface area contributed by atoms with Gasteiger partial charge in [-0.05, 0) is 39.8 Å². The summed E-state index contributed by atoms with van der Waals surface area (Å²) in [5.74, 6) is 1.94. The fourth-order valence-corrected chi connectivity index (χ4v) is 3.08. The molecule has 2 atom stereocenters. The molecule has 2 aromatic rings. The molecule has 0 saturated carbocycles. The molecular formula is C18H25N3O2. The number of rotatable bonds is 6. The minimum atomic E-state index is 0.219. The zero-order valence-corrected chi connectivity index (χ0v) is 14.3. The van der Waals surface area contributed by atoms with Crippen molar-refractivity contribution >= 4 is 0 Å². The van der Waals surface area contributed by atoms with Crippen molar-refractivity contribution in [3.05, 3.63) is 40.7 Å². The summed E-state index contributed by atoms with van der Waals surface area (Å²) < 4.78 is 11.7. The van der Waals surface area contributed by atoms with Gasteiger partial charge in [-0.2, -0.15) is 5.10 Å². The third kappa shape index (κ3) is 3.34. The van der Waals surface area contributed by atoms with Gasteiger partial charge in [0, 0.05) is 41.4 Å². The quantitative estimate of drug-likeness (QED) is 0.859. The highest BCUT2D eigenvalue weighted by Crippen LogP contribution is 2.35. The summed E-state index contributed by atoms with van der Waals surface area (Å²) in [6, 6.07) is 4.47. The molecule has 0 saturated heterocycles. The molecule has 0 amide bonds. The molecule has 0 fully saturated rings. The van der Waals surface area contributed by atoms with Crippen LogP contribution >= 0.6 is 0 Å². The molecule has 1 aliphatic heterocycles. The van der Waals surface area contributed by atoms with Gasteiger partial charge in [-0.1, -0.05) is 0 Å². The summed E-state index contributed by atoms with van der Waals surface area (Å²) in [6.45, 7) is 9.69. The molecule has 0 spiro atoms. The Bertz CT molecular complexity index is 681. The van der Waals surface area contributed by atoms with Crippen molar-refractivity contribution in [1.82, 2.24) is 15.5 Å². The van der Waals surface area contributed by atoms with Crippen molar-refractivity contribution in [2.24, 2.45) is 0 Å². The predicted molar refractivity (Wildman–Crippen MR) is 90.0 cm³/mol. The second kappa shape index (κ2) is 6.62. The van der Waals surface area contributed by atoms with E-state index in [1.165, 1.54) is 11.1 Å². The van der Waals surface area contributed by atoms with Gasteiger partial charge in [0.1, 0.15) is 17.6 Å². The first kappa shape index (κ1) is 15.9. The van der Waals surface area contributed by atoms with Crippen LogP contribution in [0.5, 0.6) is 11.5 Å². The van der Waals surface area contributed by atoms with Gasteiger partial charge in [0.25, 0.3) is 0 Å². The molecule has 0 unspecified atom stereocenters. The Balaban J connectivity index is 1.76. The van der Waals surface area contributed by atoms with Crippen molar-refractivity contribution in [3.8, 4) is 11.5 Å². The largest absolute Gasteiger partial charge is 0.494 e. The van der Waals surface area contributed by atoms with Gasteiger partial charge < -0.3 is 14.8 Å². The highest BCUT2D eigenvalue weighted by molar-refractivity contribution is 5.48. The third-order valence-corrected chi connectivity index (χ3v) is 4.31. The number of aromatic amines is 1. The van der Waals surface area contributed by atoms with E-state index in [0.717, 1.165) is 35.7 Å². The van der Waals surface area contributed by atoms with Crippen LogP contribution in [0.4, 0.5) is 0 Å². The fraction of sp³-hybridized carbons (Fsp3) is 0.500. The Morgan fingerprint density at radius 3 is 3.00 bits per heavy atom. The zero-order valence-electron chi connectivity index (χ0n) is 14.3. The summed E-state index contributed by atoms with van der Waals surface area (Å²) in [5.41, 5.74) is 4.66. The molecule has 1 aromatic heterocycles. The van der Waals surface area contributed by atoms with E-state index < -0.39 is 0 Å². The van der Waals surface area contributed by atoms with Crippen molar-refractivity contribution in [2.75, 3.05) is 6.61 Å². The summed E-state index contributed by atoms with van der Waals surface area (Å²) in [6.07, 6.45) is 3.08. The summed E-state index contributed by atoms with van der Waals surface area (Å²) in [5, 5.41) is 10.6. The van der Waals surface area contributed by atoms with Crippen LogP contribution in [0, 0.1) is 6.92 Å². The van der Waals surface area contributed by atoms with Crippen molar-refractivity contribution in [2.45, 2.75) is 52.8 Å². The van der Waals surface area contributed by atoms with Gasteiger partial charge in [-0.3, -0.25) is 5.10 Å². The number of fused-ring (bicyclic) bond motifs is 1. The molecule has 1 aromatic carbocycles. The highest BCUT2D eigenvalue weighted by atomic mass is 16.5. The third-order valence-electron chi connectivity index (χ3n) is 4.31. The number of nitrogens with zero attached hydrogens (tertiary/aromatic N) is 1. The topological polar surface area (TPSA) is 59.2 Å². The number of aryl methyl sites for hydroxylation is 1. The Labute approximate surface area is 137 Å². The Morgan fingerprint density at radius 1 is 1.48 bits per heavy atom. The number of benzene rings is 1. The van der Waals surface area contributed by atoms with Crippen LogP contribution in [-0.2, 0) is 13.0 Å². The van der Waals surface area contributed by atoms with Crippen LogP contribution < -0.4 is 14.8 Å². The van der Waals surface area contributed by atoms with Crippen molar-refractivity contribution in [3.63, 3.8) is 0 Å². The van der Waals surface area contributed by atoms with Crippen LogP contribution in [0.15, 0.2) is 18.3 Å². The monoisotopic (exact) mass is 315 g/mol. The van der Waals surface area contributed by atoms with E-state index in [9.17, 15) is 0 Å². The lowest BCUT2D eigenvalue weighted by molar-refractivity contribution is 0.254. The van der Waals surface area contributed by atoms with Crippen LogP contribution in [-0.4, -0.2) is 22.9 Å². The van der Waals surface area contributed by atoms with Gasteiger partial charge in [-0.25, -0.2) is 0 Å². The minimum absolute atomic E-state index is 0.219. The van der Waals surface area contributed by atoms with E-state index in [4.69, 9.17) is 9.47 Å². The van der Waals surface area contributed by atoms with E-state index in [1.54, 1.807) is 0 Å². The first-order chi connectivity index (χ1) is 11.1. The van der Waals surface area contributed by atoms with Crippen LogP contribution in [0.2, 0.25) is 0 Å². The summed E-state index contributed by atoms with van der Waals surface area (Å²) >= 11 is 0. The first-order valence-corrected chi connectivity index (χ1v) is 8.27. The summed E-state index contributed by atoms with van der Waals surface area (Å²) in [7, 11) is 0. The molecule has 5 nitrogen and oxygen atoms in total. The number of aromatic nitrogens is 2. The predicted octanol–water partition coefficient (Wildman–Crippen LogP) is 3.29. The van der Waals surface area contributed by atoms with E-state index in [1.807, 2.05) is 20.0 Å². The van der Waals surface area contributed by atoms with E-state index >= 15 is 0 Å². The molecular weight excluding hydrogens is 290 g/mol. The maximum atomic E-state index is 5.88. The second-order valence-corrected chi connectivity index (χ2v) is 6.19. The van der Waals surface area contributed by atoms with Gasteiger partial charge >= 0.3 is 0 Å². The Morgan fingerprint density at radius 2 is 2.30 bits per heavy atom. The number of hydrogen-bond acceptors (Lipinski definition) is 4. The smallest absolute Gasteiger partial charge is 0.124 e. The van der Waals surface area contributed by atoms with Gasteiger partial charge in [0.05, 0.1) is 12.8 Å². The maximum absolute atomic E-state index is 5.88. The lowest BCUT2D eigenvalue weighted by atomic mass is 10.1. The van der Waals surface area contributed by atoms with E-state index in [2.05, 4.69) is 41.5 Å². The Kier molecular flexibility index (Phi) is 4.57. The minimum Gasteiger partial charge on any atom is -0.494 e. The Hall–Kier alpha value is -2.01. The van der Waals surface area contributed by atoms with Gasteiger partial charge in [-0.15, -0.1) is 0 Å². The normalized spacial score (nSPS) is 17.7. The average Bonchev–Trinajstić information content (AvgIpc) is 3.09. The molecule has 0 aliphatic carbocycles. The van der Waals surface area contributed by atoms with Crippen LogP contribution in [0.1, 0.15) is 49.2 Å². The number of nitrogens with one attached hydrogen (secondary N) is 2. The molecule has 0 radical (unpaired) electrons. The zero-order chi connectivity index (χ0) is 16.4. The van der Waals surface area contributed by atoms with Gasteiger partial charge in [0.2, 0.25) is 0 Å². The molecule has 0 bridgehead atoms. The van der Waals surface area contributed by atoms with E-state index in [0.29, 0.717) is 6.61 Å². The molecule has 5 heteroatoms. The SMILES string of the molecule is CCOc1cc2c(cc1CN[C@H](C)c1cn[nH]c1C)O[C@@H](C)C2. The average molecular weight is 315 g/mol. The lowest BCUT2D eigenvalue weighted by Crippen LogP contribution is -2.19. The highest BCUT2D eigenvalue weighted by Gasteiger charge is 2.22. The maximum Gasteiger partial charge on any atom is 0.124 e. The standard InChI is InChI=1S/C18H25N3O2/c1-5-22-17-7-14-6-11(2)23-18(14)8-15(17)9-19-12(3)16-10-20-21-13(16)4/h7-8,10-12,19H,5-6,9H2,1-4H3,(H,20,21)/t11-,12+/m0/s1. The molecule has 2 N–H and O–H groups in total. The number of ether oxygens (including phenoxy) is 2. The van der Waals surface area contributed by atoms with E-state index in [-0.39, 0.29) is 12.1 Å². The van der Waals surface area contributed by atoms with Crippen LogP contribution in [0.3, 0.4) is 0 Å². The fourth-order valence-electron chi connectivity index (χ4n) is 3.08. The molecule has 1 aliphatic rings. The van der Waals surface area contributed by atoms with Crippen molar-refractivity contribution in [1.29, 1.82) is 0 Å². The lowest BCUT2D eigenvalue weighted by Gasteiger charge is -2.17. The summed E-state index contributed by atoms with van der Waals surface area (Å²) in [4.78, 5) is 0. The molecule has 2 heterocycles. The molecule has 23 heavy (non-hydrogen) atoms.